The fourth-order valence-electron chi connectivity index (χ4n) is 4.49. The van der Waals surface area contributed by atoms with Crippen molar-refractivity contribution in [2.24, 2.45) is 5.41 Å². The molecule has 8 heteroatoms. The molecule has 1 aliphatic carbocycles. The van der Waals surface area contributed by atoms with Gasteiger partial charge in [-0.25, -0.2) is 4.98 Å². The van der Waals surface area contributed by atoms with Gasteiger partial charge in [-0.1, -0.05) is 11.8 Å². The second-order valence-corrected chi connectivity index (χ2v) is 9.73. The maximum atomic E-state index is 12.9. The summed E-state index contributed by atoms with van der Waals surface area (Å²) in [5, 5.41) is 0.787. The normalized spacial score (nSPS) is 27.3. The van der Waals surface area contributed by atoms with Gasteiger partial charge in [-0.15, -0.1) is 0 Å². The van der Waals surface area contributed by atoms with Crippen molar-refractivity contribution in [3.63, 3.8) is 0 Å². The number of amides is 1. The van der Waals surface area contributed by atoms with Crippen molar-refractivity contribution in [3.05, 3.63) is 21.6 Å². The van der Waals surface area contributed by atoms with Crippen molar-refractivity contribution in [1.82, 2.24) is 14.5 Å². The Balaban J connectivity index is 1.25. The number of likely N-dealkylation sites (tertiary alicyclic amines) is 1. The minimum Gasteiger partial charge on any atom is -0.350 e. The summed E-state index contributed by atoms with van der Waals surface area (Å²) in [7, 11) is 0. The Kier molecular flexibility index (Phi) is 3.97. The molecule has 27 heavy (non-hydrogen) atoms. The lowest BCUT2D eigenvalue weighted by molar-refractivity contribution is -0.303. The Morgan fingerprint density at radius 3 is 2.74 bits per heavy atom. The minimum atomic E-state index is -0.533. The Labute approximate surface area is 162 Å². The molecule has 1 aromatic heterocycles. The van der Waals surface area contributed by atoms with Gasteiger partial charge in [-0.2, -0.15) is 0 Å². The quantitative estimate of drug-likeness (QED) is 0.709. The van der Waals surface area contributed by atoms with Crippen LogP contribution in [0.4, 0.5) is 0 Å². The maximum absolute atomic E-state index is 12.9. The summed E-state index contributed by atoms with van der Waals surface area (Å²) in [6, 6.07) is -0.0854. The smallest absolute Gasteiger partial charge is 0.257 e. The highest BCUT2D eigenvalue weighted by atomic mass is 32.2. The summed E-state index contributed by atoms with van der Waals surface area (Å²) in [5.74, 6) is 0.321. The Morgan fingerprint density at radius 1 is 1.26 bits per heavy atom. The number of aromatic nitrogens is 2. The highest BCUT2D eigenvalue weighted by Gasteiger charge is 2.50. The molecule has 146 valence electrons. The first-order chi connectivity index (χ1) is 12.9. The Morgan fingerprint density at radius 2 is 2.00 bits per heavy atom. The van der Waals surface area contributed by atoms with Crippen LogP contribution in [-0.2, 0) is 27.1 Å². The molecular formula is C19H25N3O4S. The number of fused-ring (bicyclic) bond motifs is 2. The van der Waals surface area contributed by atoms with Crippen molar-refractivity contribution in [2.45, 2.75) is 56.5 Å². The molecule has 3 aliphatic heterocycles. The topological polar surface area (TPSA) is 73.7 Å². The molecule has 1 unspecified atom stereocenters. The highest BCUT2D eigenvalue weighted by molar-refractivity contribution is 7.99. The van der Waals surface area contributed by atoms with E-state index in [0.29, 0.717) is 32.7 Å². The fraction of sp³-hybridized carbons (Fsp3) is 0.737. The lowest BCUT2D eigenvalue weighted by Crippen LogP contribution is -2.66. The average Bonchev–Trinajstić information content (AvgIpc) is 3.21. The lowest BCUT2D eigenvalue weighted by Gasteiger charge is -2.54. The number of hydrogen-bond donors (Lipinski definition) is 0. The van der Waals surface area contributed by atoms with Crippen LogP contribution in [-0.4, -0.2) is 58.2 Å². The van der Waals surface area contributed by atoms with Crippen LogP contribution in [0.5, 0.6) is 0 Å². The number of carbonyl (C=O) groups excluding carboxylic acids is 1. The fourth-order valence-corrected chi connectivity index (χ4v) is 5.65. The van der Waals surface area contributed by atoms with Crippen LogP contribution in [0.3, 0.4) is 0 Å². The molecule has 0 radical (unpaired) electrons. The van der Waals surface area contributed by atoms with E-state index >= 15 is 0 Å². The zero-order valence-electron chi connectivity index (χ0n) is 15.8. The van der Waals surface area contributed by atoms with E-state index in [0.717, 1.165) is 41.4 Å². The summed E-state index contributed by atoms with van der Waals surface area (Å²) >= 11 is 1.60. The van der Waals surface area contributed by atoms with Crippen molar-refractivity contribution in [2.75, 3.05) is 32.1 Å². The molecule has 1 atom stereocenters. The molecule has 2 fully saturated rings. The first kappa shape index (κ1) is 17.7. The van der Waals surface area contributed by atoms with Crippen LogP contribution in [0.1, 0.15) is 44.0 Å². The van der Waals surface area contributed by atoms with Gasteiger partial charge in [0.15, 0.2) is 10.9 Å². The van der Waals surface area contributed by atoms with Crippen LogP contribution in [0, 0.1) is 5.41 Å². The predicted molar refractivity (Wildman–Crippen MR) is 99.9 cm³/mol. The molecule has 0 bridgehead atoms. The van der Waals surface area contributed by atoms with Crippen LogP contribution < -0.4 is 5.56 Å². The van der Waals surface area contributed by atoms with E-state index in [1.165, 1.54) is 0 Å². The van der Waals surface area contributed by atoms with Crippen molar-refractivity contribution < 1.29 is 14.3 Å². The zero-order chi connectivity index (χ0) is 18.8. The van der Waals surface area contributed by atoms with Gasteiger partial charge in [0.2, 0.25) is 5.91 Å². The first-order valence-electron chi connectivity index (χ1n) is 9.69. The van der Waals surface area contributed by atoms with Gasteiger partial charge >= 0.3 is 0 Å². The molecular weight excluding hydrogens is 366 g/mol. The molecule has 4 aliphatic rings. The van der Waals surface area contributed by atoms with Crippen LogP contribution in [0.15, 0.2) is 9.95 Å². The van der Waals surface area contributed by atoms with E-state index < -0.39 is 5.79 Å². The zero-order valence-corrected chi connectivity index (χ0v) is 16.6. The van der Waals surface area contributed by atoms with Gasteiger partial charge < -0.3 is 14.4 Å². The number of nitrogens with zero attached hydrogens (tertiary/aromatic N) is 3. The largest absolute Gasteiger partial charge is 0.350 e. The Bertz CT molecular complexity index is 847. The SMILES string of the molecule is CC1(C)OCC2(CO1)CN(C(=O)CC1CSc3nc4c(c(=O)n31)CCC4)C2. The van der Waals surface area contributed by atoms with Gasteiger partial charge in [0.25, 0.3) is 5.56 Å². The van der Waals surface area contributed by atoms with Crippen molar-refractivity contribution in [3.8, 4) is 0 Å². The molecule has 0 N–H and O–H groups in total. The van der Waals surface area contributed by atoms with Gasteiger partial charge in [-0.05, 0) is 33.1 Å². The number of carbonyl (C=O) groups is 1. The molecule has 0 aromatic carbocycles. The summed E-state index contributed by atoms with van der Waals surface area (Å²) < 4.78 is 13.3. The molecule has 5 rings (SSSR count). The van der Waals surface area contributed by atoms with E-state index in [9.17, 15) is 9.59 Å². The summed E-state index contributed by atoms with van der Waals surface area (Å²) in [4.78, 5) is 32.2. The standard InChI is InChI=1S/C19H25N3O4S/c1-18(2)25-10-19(11-26-18)8-21(9-19)15(23)6-12-7-27-17-20-14-5-3-4-13(14)16(24)22(12)17/h12H,3-11H2,1-2H3. The van der Waals surface area contributed by atoms with E-state index in [-0.39, 0.29) is 22.9 Å². The highest BCUT2D eigenvalue weighted by Crippen LogP contribution is 2.39. The molecule has 1 aromatic rings. The van der Waals surface area contributed by atoms with Crippen LogP contribution in [0.2, 0.25) is 0 Å². The number of rotatable bonds is 2. The second kappa shape index (κ2) is 6.06. The number of aryl methyl sites for hydroxylation is 1. The molecule has 2 saturated heterocycles. The van der Waals surface area contributed by atoms with Crippen molar-refractivity contribution in [1.29, 1.82) is 0 Å². The lowest BCUT2D eigenvalue weighted by atomic mass is 9.80. The number of hydrogen-bond acceptors (Lipinski definition) is 6. The van der Waals surface area contributed by atoms with Gasteiger partial charge in [0.1, 0.15) is 0 Å². The van der Waals surface area contributed by atoms with E-state index in [2.05, 4.69) is 4.98 Å². The molecule has 1 amide bonds. The van der Waals surface area contributed by atoms with Gasteiger partial charge in [0, 0.05) is 30.8 Å². The first-order valence-corrected chi connectivity index (χ1v) is 10.7. The minimum absolute atomic E-state index is 0.0628. The molecule has 4 heterocycles. The number of ether oxygens (including phenoxy) is 2. The average molecular weight is 391 g/mol. The van der Waals surface area contributed by atoms with E-state index in [4.69, 9.17) is 9.47 Å². The van der Waals surface area contributed by atoms with Crippen LogP contribution >= 0.6 is 11.8 Å². The van der Waals surface area contributed by atoms with Crippen molar-refractivity contribution >= 4 is 17.7 Å². The van der Waals surface area contributed by atoms with Gasteiger partial charge in [-0.3, -0.25) is 14.2 Å². The molecule has 0 saturated carbocycles. The summed E-state index contributed by atoms with van der Waals surface area (Å²) in [6.45, 7) is 6.43. The van der Waals surface area contributed by atoms with Crippen LogP contribution in [0.25, 0.3) is 0 Å². The third-order valence-electron chi connectivity index (χ3n) is 6.14. The summed E-state index contributed by atoms with van der Waals surface area (Å²) in [5.41, 5.74) is 1.84. The summed E-state index contributed by atoms with van der Waals surface area (Å²) in [6.07, 6.45) is 3.09. The van der Waals surface area contributed by atoms with E-state index in [1.807, 2.05) is 18.7 Å². The monoisotopic (exact) mass is 391 g/mol. The molecule has 1 spiro atoms. The second-order valence-electron chi connectivity index (χ2n) is 8.74. The predicted octanol–water partition coefficient (Wildman–Crippen LogP) is 1.38. The Hall–Kier alpha value is -1.38. The third kappa shape index (κ3) is 2.93. The maximum Gasteiger partial charge on any atom is 0.257 e. The van der Waals surface area contributed by atoms with Gasteiger partial charge in [0.05, 0.1) is 30.4 Å². The number of thioether (sulfide) groups is 1. The third-order valence-corrected chi connectivity index (χ3v) is 7.24. The van der Waals surface area contributed by atoms with E-state index in [1.54, 1.807) is 16.3 Å². The molecule has 7 nitrogen and oxygen atoms in total.